The molecule has 0 bridgehead atoms. The van der Waals surface area contributed by atoms with Gasteiger partial charge in [-0.15, -0.1) is 0 Å². The summed E-state index contributed by atoms with van der Waals surface area (Å²) in [5.41, 5.74) is 8.11. The average Bonchev–Trinajstić information content (AvgIpc) is 3.04. The van der Waals surface area contributed by atoms with E-state index in [2.05, 4.69) is 13.2 Å². The molecule has 0 heterocycles. The third kappa shape index (κ3) is 29.8. The Kier molecular flexibility index (Phi) is 35.5. The average molecular weight is 745 g/mol. The molecule has 49 heavy (non-hydrogen) atoms. The summed E-state index contributed by atoms with van der Waals surface area (Å²) in [6, 6.07) is -2.12. The summed E-state index contributed by atoms with van der Waals surface area (Å²) in [6.07, 6.45) is -0.448. The monoisotopic (exact) mass is 744 g/mol. The molecule has 0 aliphatic carbocycles. The summed E-state index contributed by atoms with van der Waals surface area (Å²) < 4.78 is 9.45. The molecule has 0 aliphatic rings. The van der Waals surface area contributed by atoms with Crippen molar-refractivity contribution in [2.75, 3.05) is 52.9 Å². The van der Waals surface area contributed by atoms with Crippen molar-refractivity contribution in [1.29, 1.82) is 0 Å². The van der Waals surface area contributed by atoms with Crippen molar-refractivity contribution in [2.45, 2.75) is 51.6 Å². The maximum Gasteiger partial charge on any atom is 2.00 e. The molecule has 0 unspecified atom stereocenters. The molecule has 0 rings (SSSR count). The minimum Gasteiger partial charge on any atom is -1.00 e. The van der Waals surface area contributed by atoms with Gasteiger partial charge < -0.3 is 74.9 Å². The number of carbonyl (C=O) groups is 6. The summed E-state index contributed by atoms with van der Waals surface area (Å²) in [5.74, 6) is -5.61. The first kappa shape index (κ1) is 55.6. The molecule has 0 amide bonds. The topological polar surface area (TPSA) is 375 Å². The summed E-state index contributed by atoms with van der Waals surface area (Å²) in [5, 5.41) is 85.9. The van der Waals surface area contributed by atoms with E-state index in [1.807, 2.05) is 0 Å². The van der Waals surface area contributed by atoms with E-state index in [4.69, 9.17) is 72.0 Å². The molecule has 0 aromatic rings. The van der Waals surface area contributed by atoms with E-state index >= 15 is 0 Å². The van der Waals surface area contributed by atoms with Gasteiger partial charge in [0.1, 0.15) is 25.3 Å². The van der Waals surface area contributed by atoms with E-state index < -0.39 is 98.4 Å². The van der Waals surface area contributed by atoms with Gasteiger partial charge in [-0.25, -0.2) is 9.59 Å². The molecule has 20 nitrogen and oxygen atoms in total. The second kappa shape index (κ2) is 31.2. The number of rotatable bonds is 20. The number of carboxylic acid groups (broad SMARTS) is 4. The number of esters is 2. The Hall–Kier alpha value is -2.76. The molecular formula is C28H52CaN2O18. The number of carbonyl (C=O) groups excluding carboxylic acids is 2. The fourth-order valence-corrected chi connectivity index (χ4v) is 2.06. The van der Waals surface area contributed by atoms with Crippen LogP contribution in [0.1, 0.15) is 42.4 Å². The summed E-state index contributed by atoms with van der Waals surface area (Å²) >= 11 is 0. The quantitative estimate of drug-likeness (QED) is 0.0327. The van der Waals surface area contributed by atoms with E-state index in [1.165, 1.54) is 13.8 Å². The van der Waals surface area contributed by atoms with Crippen LogP contribution in [0.5, 0.6) is 0 Å². The van der Waals surface area contributed by atoms with Crippen LogP contribution in [0.2, 0.25) is 0 Å². The first-order valence-corrected chi connectivity index (χ1v) is 13.8. The molecule has 0 aromatic carbocycles. The van der Waals surface area contributed by atoms with Gasteiger partial charge >= 0.3 is 73.6 Å². The Balaban J connectivity index is -0.000000100. The third-order valence-electron chi connectivity index (χ3n) is 5.70. The third-order valence-corrected chi connectivity index (χ3v) is 5.70. The van der Waals surface area contributed by atoms with Crippen LogP contribution in [-0.4, -0.2) is 190 Å². The van der Waals surface area contributed by atoms with Crippen molar-refractivity contribution in [3.05, 3.63) is 24.3 Å². The van der Waals surface area contributed by atoms with E-state index in [9.17, 15) is 28.8 Å². The predicted octanol–water partition coefficient (Wildman–Crippen LogP) is -3.49. The van der Waals surface area contributed by atoms with Gasteiger partial charge in [0.15, 0.2) is 0 Å². The fraction of sp³-hybridized carbons (Fsp3) is 0.643. The van der Waals surface area contributed by atoms with Gasteiger partial charge in [0.25, 0.3) is 0 Å². The van der Waals surface area contributed by atoms with Crippen LogP contribution < -0.4 is 11.5 Å². The van der Waals surface area contributed by atoms with E-state index in [-0.39, 0.29) is 90.6 Å². The number of hydrogen-bond acceptors (Lipinski definition) is 16. The maximum atomic E-state index is 11.0. The van der Waals surface area contributed by atoms with Crippen molar-refractivity contribution < 1.29 is 92.2 Å². The number of carboxylic acids is 4. The molecule has 0 aliphatic heterocycles. The Morgan fingerprint density at radius 1 is 0.592 bits per heavy atom. The van der Waals surface area contributed by atoms with Crippen molar-refractivity contribution >= 4 is 73.6 Å². The van der Waals surface area contributed by atoms with Crippen LogP contribution in [0, 0.1) is 10.8 Å². The SMILES string of the molecule is C=C(C)C(=O)OCC(CO)(CO)CO.C=C(C)C(=O)OCC(CO)(CO)CO.N[C@@H](CCC(=O)O)C(=O)O.N[C@@H](CCC(=O)O)C(=O)O.[Ca+2].[H-].[H-]. The predicted molar refractivity (Wildman–Crippen MR) is 172 cm³/mol. The molecule has 0 fully saturated rings. The number of nitrogens with two attached hydrogens (primary N) is 2. The fourth-order valence-electron chi connectivity index (χ4n) is 2.06. The van der Waals surface area contributed by atoms with Gasteiger partial charge in [-0.05, 0) is 26.7 Å². The van der Waals surface area contributed by atoms with Gasteiger partial charge in [-0.1, -0.05) is 13.2 Å². The first-order valence-electron chi connectivity index (χ1n) is 13.8. The van der Waals surface area contributed by atoms with E-state index in [1.54, 1.807) is 0 Å². The van der Waals surface area contributed by atoms with Crippen molar-refractivity contribution in [1.82, 2.24) is 0 Å². The molecule has 284 valence electrons. The molecule has 0 radical (unpaired) electrons. The van der Waals surface area contributed by atoms with E-state index in [0.29, 0.717) is 0 Å². The molecule has 21 heteroatoms. The van der Waals surface area contributed by atoms with Crippen molar-refractivity contribution in [3.63, 3.8) is 0 Å². The number of aliphatic carboxylic acids is 4. The molecule has 0 saturated carbocycles. The standard InChI is InChI=1S/2C9H16O5.2C5H9NO4.Ca.2H/c2*1-7(2)8(13)14-6-9(3-10,4-11)5-12;2*6-3(5(9)10)1-2-4(7)8;;;/h2*10-12H,1,3-6H2,2H3;2*3H,1-2,6H2,(H,7,8)(H,9,10);;;/q;;;;+2;2*-1/t;;2*3-;;;/m..00.../s1. The Bertz CT molecular complexity index is 947. The molecule has 14 N–H and O–H groups in total. The number of ether oxygens (including phenoxy) is 2. The van der Waals surface area contributed by atoms with Gasteiger partial charge in [0.2, 0.25) is 0 Å². The van der Waals surface area contributed by atoms with Gasteiger partial charge in [-0.2, -0.15) is 0 Å². The van der Waals surface area contributed by atoms with Gasteiger partial charge in [0, 0.05) is 24.0 Å². The molecule has 0 saturated heterocycles. The number of aliphatic hydroxyl groups excluding tert-OH is 6. The van der Waals surface area contributed by atoms with Crippen LogP contribution in [-0.2, 0) is 38.2 Å². The zero-order valence-electron chi connectivity index (χ0n) is 29.7. The second-order valence-corrected chi connectivity index (χ2v) is 10.4. The Labute approximate surface area is 315 Å². The van der Waals surface area contributed by atoms with Crippen molar-refractivity contribution in [2.24, 2.45) is 22.3 Å². The van der Waals surface area contributed by atoms with Crippen LogP contribution >= 0.6 is 0 Å². The largest absolute Gasteiger partial charge is 2.00 e. The van der Waals surface area contributed by atoms with Crippen LogP contribution in [0.4, 0.5) is 0 Å². The maximum absolute atomic E-state index is 11.0. The van der Waals surface area contributed by atoms with Gasteiger partial charge in [-0.3, -0.25) is 19.2 Å². The number of hydrogen-bond donors (Lipinski definition) is 12. The second-order valence-electron chi connectivity index (χ2n) is 10.4. The summed E-state index contributed by atoms with van der Waals surface area (Å²) in [7, 11) is 0. The minimum atomic E-state index is -1.18. The zero-order valence-corrected chi connectivity index (χ0v) is 29.9. The molecule has 0 spiro atoms. The molecule has 2 atom stereocenters. The van der Waals surface area contributed by atoms with Gasteiger partial charge in [0.05, 0.1) is 50.5 Å². The Morgan fingerprint density at radius 2 is 0.816 bits per heavy atom. The Morgan fingerprint density at radius 3 is 0.959 bits per heavy atom. The van der Waals surface area contributed by atoms with Crippen LogP contribution in [0.25, 0.3) is 0 Å². The smallest absolute Gasteiger partial charge is 1.00 e. The summed E-state index contributed by atoms with van der Waals surface area (Å²) in [6.45, 7) is 6.52. The normalized spacial score (nSPS) is 11.5. The van der Waals surface area contributed by atoms with Crippen LogP contribution in [0.3, 0.4) is 0 Å². The van der Waals surface area contributed by atoms with E-state index in [0.717, 1.165) is 0 Å². The van der Waals surface area contributed by atoms with Crippen molar-refractivity contribution in [3.8, 4) is 0 Å². The van der Waals surface area contributed by atoms with Crippen LogP contribution in [0.15, 0.2) is 24.3 Å². The molecular weight excluding hydrogens is 692 g/mol. The minimum absolute atomic E-state index is 0. The summed E-state index contributed by atoms with van der Waals surface area (Å²) in [4.78, 5) is 61.7. The molecule has 0 aromatic heterocycles. The number of aliphatic hydroxyl groups is 6. The zero-order chi connectivity index (χ0) is 38.7. The first-order chi connectivity index (χ1) is 22.1.